The molecular weight excluding hydrogens is 472 g/mol. The van der Waals surface area contributed by atoms with Crippen molar-refractivity contribution in [3.8, 4) is 0 Å². The van der Waals surface area contributed by atoms with Crippen molar-refractivity contribution < 1.29 is 29.2 Å². The molecule has 1 amide bonds. The van der Waals surface area contributed by atoms with E-state index in [9.17, 15) is 15.0 Å². The fraction of sp³-hybridized carbons (Fsp3) is 0.483. The van der Waals surface area contributed by atoms with Crippen LogP contribution in [0.1, 0.15) is 54.4 Å². The maximum absolute atomic E-state index is 11.7. The summed E-state index contributed by atoms with van der Waals surface area (Å²) >= 11 is 0. The number of alkyl carbamates (subject to hydrolysis) is 1. The zero-order valence-electron chi connectivity index (χ0n) is 21.4. The van der Waals surface area contributed by atoms with Gasteiger partial charge in [-0.2, -0.15) is 0 Å². The minimum atomic E-state index is -0.557. The summed E-state index contributed by atoms with van der Waals surface area (Å²) in [5, 5.41) is 22.0. The van der Waals surface area contributed by atoms with Crippen molar-refractivity contribution in [2.75, 3.05) is 26.3 Å². The Labute approximate surface area is 218 Å². The molecule has 4 rings (SSSR count). The van der Waals surface area contributed by atoms with Crippen LogP contribution in [0.5, 0.6) is 0 Å². The van der Waals surface area contributed by atoms with Crippen molar-refractivity contribution in [3.05, 3.63) is 83.4 Å². The van der Waals surface area contributed by atoms with Gasteiger partial charge in [-0.15, -0.1) is 0 Å². The van der Waals surface area contributed by atoms with Crippen LogP contribution in [0.25, 0.3) is 0 Å². The van der Waals surface area contributed by atoms with Crippen LogP contribution in [0.15, 0.2) is 61.2 Å². The topological polar surface area (TPSA) is 100 Å². The van der Waals surface area contributed by atoms with Crippen LogP contribution in [-0.2, 0) is 27.4 Å². The van der Waals surface area contributed by atoms with E-state index in [1.165, 1.54) is 6.08 Å². The zero-order valence-corrected chi connectivity index (χ0v) is 21.4. The smallest absolute Gasteiger partial charge is 0.407 e. The first-order chi connectivity index (χ1) is 18.0. The largest absolute Gasteiger partial charge is 0.445 e. The molecule has 5 atom stereocenters. The van der Waals surface area contributed by atoms with E-state index in [1.807, 2.05) is 48.5 Å². The third-order valence-corrected chi connectivity index (χ3v) is 7.27. The quantitative estimate of drug-likeness (QED) is 0.418. The van der Waals surface area contributed by atoms with E-state index in [0.29, 0.717) is 6.54 Å². The first-order valence-corrected chi connectivity index (χ1v) is 13.0. The lowest BCUT2D eigenvalue weighted by atomic mass is 9.90. The molecule has 2 aromatic rings. The van der Waals surface area contributed by atoms with Crippen molar-refractivity contribution in [1.29, 1.82) is 0 Å². The second-order valence-corrected chi connectivity index (χ2v) is 9.78. The van der Waals surface area contributed by atoms with Crippen LogP contribution < -0.4 is 5.32 Å². The number of ether oxygens (including phenoxy) is 3. The number of benzene rings is 2. The Kier molecular flexibility index (Phi) is 9.71. The molecule has 0 saturated carbocycles. The van der Waals surface area contributed by atoms with E-state index in [-0.39, 0.29) is 44.0 Å². The molecule has 2 aliphatic heterocycles. The molecule has 2 heterocycles. The molecule has 0 spiro atoms. The number of nitrogens with one attached hydrogen (secondary N) is 1. The van der Waals surface area contributed by atoms with E-state index in [1.54, 1.807) is 0 Å². The predicted molar refractivity (Wildman–Crippen MR) is 139 cm³/mol. The Hall–Kier alpha value is -2.75. The SMILES string of the molecule is C=CCOC(=O)NCc1ccc([C@@H]2O[C@H](CN3CCC[C@H]3CO)[C@H](C)[C@H](c3ccc(CO)cc3)O2)cc1. The lowest BCUT2D eigenvalue weighted by Gasteiger charge is -2.43. The van der Waals surface area contributed by atoms with Crippen molar-refractivity contribution in [1.82, 2.24) is 10.2 Å². The molecule has 2 saturated heterocycles. The van der Waals surface area contributed by atoms with Crippen LogP contribution in [0, 0.1) is 5.92 Å². The lowest BCUT2D eigenvalue weighted by Crippen LogP contribution is -2.46. The maximum Gasteiger partial charge on any atom is 0.407 e. The summed E-state index contributed by atoms with van der Waals surface area (Å²) < 4.78 is 18.0. The van der Waals surface area contributed by atoms with Gasteiger partial charge >= 0.3 is 6.09 Å². The molecule has 2 fully saturated rings. The number of likely N-dealkylation sites (tertiary alicyclic amines) is 1. The average Bonchev–Trinajstić information content (AvgIpc) is 3.39. The van der Waals surface area contributed by atoms with E-state index in [4.69, 9.17) is 14.2 Å². The molecule has 0 aromatic heterocycles. The van der Waals surface area contributed by atoms with Gasteiger partial charge in [-0.3, -0.25) is 4.90 Å². The fourth-order valence-electron chi connectivity index (χ4n) is 5.05. The molecule has 2 aliphatic rings. The van der Waals surface area contributed by atoms with Crippen LogP contribution in [0.3, 0.4) is 0 Å². The molecule has 0 unspecified atom stereocenters. The van der Waals surface area contributed by atoms with Gasteiger partial charge in [-0.05, 0) is 36.1 Å². The molecule has 200 valence electrons. The summed E-state index contributed by atoms with van der Waals surface area (Å²) in [4.78, 5) is 14.0. The van der Waals surface area contributed by atoms with Crippen molar-refractivity contribution in [2.24, 2.45) is 5.92 Å². The lowest BCUT2D eigenvalue weighted by molar-refractivity contribution is -0.276. The second kappa shape index (κ2) is 13.2. The first kappa shape index (κ1) is 27.3. The molecular formula is C29H38N2O6. The van der Waals surface area contributed by atoms with Crippen LogP contribution in [0.4, 0.5) is 4.79 Å². The number of carbonyl (C=O) groups excluding carboxylic acids is 1. The van der Waals surface area contributed by atoms with Gasteiger partial charge in [0.15, 0.2) is 6.29 Å². The normalized spacial score (nSPS) is 26.1. The standard InChI is InChI=1S/C29H38N2O6/c1-3-15-35-29(34)30-16-21-6-12-24(13-7-21)28-36-26(17-31-14-4-5-25(31)19-33)20(2)27(37-28)23-10-8-22(18-32)9-11-23/h3,6-13,20,25-28,32-33H,1,4-5,14-19H2,2H3,(H,30,34)/t20-,25-,26+,27+,28+/m0/s1. The third-order valence-electron chi connectivity index (χ3n) is 7.27. The summed E-state index contributed by atoms with van der Waals surface area (Å²) in [5.41, 5.74) is 3.73. The summed E-state index contributed by atoms with van der Waals surface area (Å²) in [7, 11) is 0. The highest BCUT2D eigenvalue weighted by Gasteiger charge is 2.40. The van der Waals surface area contributed by atoms with Crippen molar-refractivity contribution in [3.63, 3.8) is 0 Å². The van der Waals surface area contributed by atoms with Gasteiger partial charge in [0.05, 0.1) is 25.4 Å². The minimum absolute atomic E-state index is 0.000407. The number of rotatable bonds is 10. The van der Waals surface area contributed by atoms with E-state index in [2.05, 4.69) is 23.7 Å². The number of amides is 1. The molecule has 8 heteroatoms. The summed E-state index contributed by atoms with van der Waals surface area (Å²) in [6.07, 6.45) is 2.28. The number of hydrogen-bond acceptors (Lipinski definition) is 7. The summed E-state index contributed by atoms with van der Waals surface area (Å²) in [6, 6.07) is 15.8. The van der Waals surface area contributed by atoms with Gasteiger partial charge in [-0.1, -0.05) is 68.1 Å². The number of aliphatic hydroxyl groups is 2. The van der Waals surface area contributed by atoms with Gasteiger partial charge in [-0.25, -0.2) is 4.79 Å². The summed E-state index contributed by atoms with van der Waals surface area (Å²) in [6.45, 7) is 8.03. The Balaban J connectivity index is 1.50. The monoisotopic (exact) mass is 510 g/mol. The van der Waals surface area contributed by atoms with Crippen LogP contribution >= 0.6 is 0 Å². The number of carbonyl (C=O) groups is 1. The highest BCUT2D eigenvalue weighted by Crippen LogP contribution is 2.42. The molecule has 0 bridgehead atoms. The predicted octanol–water partition coefficient (Wildman–Crippen LogP) is 3.84. The van der Waals surface area contributed by atoms with E-state index < -0.39 is 12.4 Å². The minimum Gasteiger partial charge on any atom is -0.445 e. The van der Waals surface area contributed by atoms with Crippen molar-refractivity contribution in [2.45, 2.75) is 57.5 Å². The second-order valence-electron chi connectivity index (χ2n) is 9.78. The molecule has 3 N–H and O–H groups in total. The Morgan fingerprint density at radius 3 is 2.49 bits per heavy atom. The maximum atomic E-state index is 11.7. The number of aliphatic hydroxyl groups excluding tert-OH is 2. The van der Waals surface area contributed by atoms with E-state index >= 15 is 0 Å². The molecule has 8 nitrogen and oxygen atoms in total. The van der Waals surface area contributed by atoms with Gasteiger partial charge in [0, 0.05) is 30.6 Å². The Bertz CT molecular complexity index is 1010. The van der Waals surface area contributed by atoms with E-state index in [0.717, 1.165) is 48.2 Å². The Morgan fingerprint density at radius 2 is 1.81 bits per heavy atom. The van der Waals surface area contributed by atoms with Crippen molar-refractivity contribution >= 4 is 6.09 Å². The van der Waals surface area contributed by atoms with Crippen LogP contribution in [0.2, 0.25) is 0 Å². The third kappa shape index (κ3) is 6.97. The highest BCUT2D eigenvalue weighted by atomic mass is 16.7. The summed E-state index contributed by atoms with van der Waals surface area (Å²) in [5.74, 6) is 0.0845. The average molecular weight is 511 g/mol. The molecule has 37 heavy (non-hydrogen) atoms. The van der Waals surface area contributed by atoms with Gasteiger partial charge in [0.2, 0.25) is 0 Å². The number of hydrogen-bond donors (Lipinski definition) is 3. The fourth-order valence-corrected chi connectivity index (χ4v) is 5.05. The highest BCUT2D eigenvalue weighted by molar-refractivity contribution is 5.67. The first-order valence-electron chi connectivity index (χ1n) is 13.0. The van der Waals surface area contributed by atoms with Gasteiger partial charge in [0.1, 0.15) is 6.61 Å². The van der Waals surface area contributed by atoms with Gasteiger partial charge in [0.25, 0.3) is 0 Å². The molecule has 2 aromatic carbocycles. The van der Waals surface area contributed by atoms with Crippen LogP contribution in [-0.4, -0.2) is 59.7 Å². The number of nitrogens with zero attached hydrogens (tertiary/aromatic N) is 1. The zero-order chi connectivity index (χ0) is 26.2. The molecule has 0 aliphatic carbocycles. The molecule has 0 radical (unpaired) electrons. The Morgan fingerprint density at radius 1 is 1.11 bits per heavy atom. The van der Waals surface area contributed by atoms with Gasteiger partial charge < -0.3 is 29.7 Å².